The minimum atomic E-state index is -0.314. The number of nitrogens with zero attached hydrogens (tertiary/aromatic N) is 1. The Bertz CT molecular complexity index is 565. The second kappa shape index (κ2) is 8.31. The molecule has 23 heavy (non-hydrogen) atoms. The number of halogens is 1. The van der Waals surface area contributed by atoms with Crippen molar-refractivity contribution in [2.75, 3.05) is 25.0 Å². The summed E-state index contributed by atoms with van der Waals surface area (Å²) in [5, 5.41) is 3.45. The van der Waals surface area contributed by atoms with Gasteiger partial charge in [0.1, 0.15) is 0 Å². The van der Waals surface area contributed by atoms with Crippen molar-refractivity contribution in [2.24, 2.45) is 5.92 Å². The number of anilines is 1. The highest BCUT2D eigenvalue weighted by Crippen LogP contribution is 2.21. The van der Waals surface area contributed by atoms with E-state index in [9.17, 15) is 9.59 Å². The normalized spacial score (nSPS) is 19.9. The Hall–Kier alpha value is -1.59. The Morgan fingerprint density at radius 1 is 1.48 bits per heavy atom. The molecule has 0 saturated carbocycles. The highest BCUT2D eigenvalue weighted by molar-refractivity contribution is 6.30. The van der Waals surface area contributed by atoms with Gasteiger partial charge in [-0.05, 0) is 51.4 Å². The lowest BCUT2D eigenvalue weighted by Crippen LogP contribution is -2.48. The van der Waals surface area contributed by atoms with Crippen molar-refractivity contribution in [3.05, 3.63) is 29.3 Å². The lowest BCUT2D eigenvalue weighted by Gasteiger charge is -2.35. The van der Waals surface area contributed by atoms with E-state index in [1.807, 2.05) is 11.8 Å². The number of carbonyl (C=O) groups is 2. The van der Waals surface area contributed by atoms with Crippen molar-refractivity contribution in [3.8, 4) is 0 Å². The summed E-state index contributed by atoms with van der Waals surface area (Å²) < 4.78 is 5.10. The van der Waals surface area contributed by atoms with Crippen molar-refractivity contribution in [2.45, 2.75) is 32.7 Å². The minimum absolute atomic E-state index is 0.100. The summed E-state index contributed by atoms with van der Waals surface area (Å²) in [6.07, 6.45) is 1.70. The van der Waals surface area contributed by atoms with Crippen LogP contribution in [0.15, 0.2) is 24.3 Å². The SMILES string of the molecule is CCOC(=O)[C@H]1CCCN([C@@H](C)C(=O)Nc2cccc(Cl)c2)C1. The summed E-state index contributed by atoms with van der Waals surface area (Å²) in [4.78, 5) is 26.3. The second-order valence-corrected chi connectivity index (χ2v) is 6.20. The zero-order chi connectivity index (χ0) is 16.8. The van der Waals surface area contributed by atoms with E-state index in [0.717, 1.165) is 19.4 Å². The third-order valence-corrected chi connectivity index (χ3v) is 4.33. The van der Waals surface area contributed by atoms with E-state index < -0.39 is 0 Å². The summed E-state index contributed by atoms with van der Waals surface area (Å²) in [6, 6.07) is 6.75. The number of carbonyl (C=O) groups excluding carboxylic acids is 2. The molecule has 1 amide bonds. The maximum Gasteiger partial charge on any atom is 0.310 e. The fourth-order valence-corrected chi connectivity index (χ4v) is 2.98. The first-order valence-corrected chi connectivity index (χ1v) is 8.36. The van der Waals surface area contributed by atoms with E-state index in [2.05, 4.69) is 5.32 Å². The molecule has 0 unspecified atom stereocenters. The van der Waals surface area contributed by atoms with Crippen molar-refractivity contribution < 1.29 is 14.3 Å². The molecule has 0 radical (unpaired) electrons. The highest BCUT2D eigenvalue weighted by Gasteiger charge is 2.31. The number of rotatable bonds is 5. The number of hydrogen-bond acceptors (Lipinski definition) is 4. The van der Waals surface area contributed by atoms with Gasteiger partial charge in [-0.1, -0.05) is 17.7 Å². The number of benzene rings is 1. The van der Waals surface area contributed by atoms with Gasteiger partial charge >= 0.3 is 5.97 Å². The van der Waals surface area contributed by atoms with Crippen LogP contribution in [0.3, 0.4) is 0 Å². The summed E-state index contributed by atoms with van der Waals surface area (Å²) in [5.74, 6) is -0.415. The Labute approximate surface area is 141 Å². The van der Waals surface area contributed by atoms with Gasteiger partial charge in [-0.3, -0.25) is 14.5 Å². The van der Waals surface area contributed by atoms with Gasteiger partial charge in [-0.25, -0.2) is 0 Å². The largest absolute Gasteiger partial charge is 0.466 e. The monoisotopic (exact) mass is 338 g/mol. The van der Waals surface area contributed by atoms with Crippen LogP contribution < -0.4 is 5.32 Å². The lowest BCUT2D eigenvalue weighted by molar-refractivity contribution is -0.150. The number of nitrogens with one attached hydrogen (secondary N) is 1. The van der Waals surface area contributed by atoms with Gasteiger partial charge in [0.25, 0.3) is 0 Å². The maximum atomic E-state index is 12.4. The van der Waals surface area contributed by atoms with Crippen LogP contribution in [-0.4, -0.2) is 42.5 Å². The van der Waals surface area contributed by atoms with Gasteiger partial charge in [0.2, 0.25) is 5.91 Å². The van der Waals surface area contributed by atoms with Crippen LogP contribution >= 0.6 is 11.6 Å². The highest BCUT2D eigenvalue weighted by atomic mass is 35.5. The van der Waals surface area contributed by atoms with Crippen molar-refractivity contribution in [3.63, 3.8) is 0 Å². The zero-order valence-electron chi connectivity index (χ0n) is 13.5. The predicted molar refractivity (Wildman–Crippen MR) is 90.5 cm³/mol. The first kappa shape index (κ1) is 17.8. The van der Waals surface area contributed by atoms with E-state index in [1.54, 1.807) is 31.2 Å². The van der Waals surface area contributed by atoms with E-state index in [1.165, 1.54) is 0 Å². The molecule has 2 rings (SSSR count). The molecule has 126 valence electrons. The third-order valence-electron chi connectivity index (χ3n) is 4.09. The van der Waals surface area contributed by atoms with Gasteiger partial charge in [0, 0.05) is 17.3 Å². The smallest absolute Gasteiger partial charge is 0.310 e. The molecule has 0 bridgehead atoms. The molecule has 1 heterocycles. The fourth-order valence-electron chi connectivity index (χ4n) is 2.79. The summed E-state index contributed by atoms with van der Waals surface area (Å²) in [7, 11) is 0. The molecule has 2 atom stereocenters. The molecule has 0 aliphatic carbocycles. The van der Waals surface area contributed by atoms with Crippen LogP contribution in [0.5, 0.6) is 0 Å². The number of likely N-dealkylation sites (tertiary alicyclic amines) is 1. The Morgan fingerprint density at radius 2 is 2.26 bits per heavy atom. The van der Waals surface area contributed by atoms with E-state index >= 15 is 0 Å². The van der Waals surface area contributed by atoms with Crippen molar-refractivity contribution in [1.29, 1.82) is 0 Å². The molecule has 1 saturated heterocycles. The quantitative estimate of drug-likeness (QED) is 0.839. The van der Waals surface area contributed by atoms with E-state index in [4.69, 9.17) is 16.3 Å². The van der Waals surface area contributed by atoms with Crippen LogP contribution in [0.4, 0.5) is 5.69 Å². The molecule has 1 aromatic carbocycles. The standard InChI is InChI=1S/C17H23ClN2O3/c1-3-23-17(22)13-6-5-9-20(11-13)12(2)16(21)19-15-8-4-7-14(18)10-15/h4,7-8,10,12-13H,3,5-6,9,11H2,1-2H3,(H,19,21)/t12-,13-/m0/s1. The molecule has 6 heteroatoms. The van der Waals surface area contributed by atoms with Crippen LogP contribution in [-0.2, 0) is 14.3 Å². The van der Waals surface area contributed by atoms with Gasteiger partial charge in [0.15, 0.2) is 0 Å². The van der Waals surface area contributed by atoms with Gasteiger partial charge in [-0.15, -0.1) is 0 Å². The number of amides is 1. The first-order chi connectivity index (χ1) is 11.0. The average Bonchev–Trinajstić information content (AvgIpc) is 2.54. The van der Waals surface area contributed by atoms with Gasteiger partial charge < -0.3 is 10.1 Å². The Morgan fingerprint density at radius 3 is 2.96 bits per heavy atom. The molecule has 0 aromatic heterocycles. The van der Waals surface area contributed by atoms with E-state index in [-0.39, 0.29) is 23.8 Å². The number of piperidine rings is 1. The molecule has 5 nitrogen and oxygen atoms in total. The average molecular weight is 339 g/mol. The molecule has 0 spiro atoms. The van der Waals surface area contributed by atoms with Crippen LogP contribution in [0, 0.1) is 5.92 Å². The second-order valence-electron chi connectivity index (χ2n) is 5.76. The minimum Gasteiger partial charge on any atom is -0.466 e. The third kappa shape index (κ3) is 4.94. The Balaban J connectivity index is 1.94. The summed E-state index contributed by atoms with van der Waals surface area (Å²) >= 11 is 5.93. The molecule has 1 N–H and O–H groups in total. The summed E-state index contributed by atoms with van der Waals surface area (Å²) in [5.41, 5.74) is 0.674. The molecule has 1 aliphatic rings. The van der Waals surface area contributed by atoms with Gasteiger partial charge in [0.05, 0.1) is 18.6 Å². The Kier molecular flexibility index (Phi) is 6.42. The van der Waals surface area contributed by atoms with Gasteiger partial charge in [-0.2, -0.15) is 0 Å². The summed E-state index contributed by atoms with van der Waals surface area (Å²) in [6.45, 7) is 5.41. The van der Waals surface area contributed by atoms with Crippen LogP contribution in [0.1, 0.15) is 26.7 Å². The topological polar surface area (TPSA) is 58.6 Å². The number of esters is 1. The van der Waals surface area contributed by atoms with Crippen molar-refractivity contribution in [1.82, 2.24) is 4.90 Å². The molecule has 1 aliphatic heterocycles. The van der Waals surface area contributed by atoms with Crippen molar-refractivity contribution >= 4 is 29.2 Å². The first-order valence-electron chi connectivity index (χ1n) is 7.98. The lowest BCUT2D eigenvalue weighted by atomic mass is 9.97. The molecule has 1 fully saturated rings. The fraction of sp³-hybridized carbons (Fsp3) is 0.529. The number of hydrogen-bond donors (Lipinski definition) is 1. The van der Waals surface area contributed by atoms with Crippen LogP contribution in [0.25, 0.3) is 0 Å². The molecular formula is C17H23ClN2O3. The molecule has 1 aromatic rings. The predicted octanol–water partition coefficient (Wildman–Crippen LogP) is 2.94. The maximum absolute atomic E-state index is 12.4. The molecular weight excluding hydrogens is 316 g/mol. The van der Waals surface area contributed by atoms with E-state index in [0.29, 0.717) is 23.9 Å². The zero-order valence-corrected chi connectivity index (χ0v) is 14.3. The number of ether oxygens (including phenoxy) is 1. The van der Waals surface area contributed by atoms with Crippen LogP contribution in [0.2, 0.25) is 5.02 Å².